The van der Waals surface area contributed by atoms with Gasteiger partial charge in [-0.15, -0.1) is 0 Å². The molecule has 0 unspecified atom stereocenters. The summed E-state index contributed by atoms with van der Waals surface area (Å²) in [5, 5.41) is 6.32. The molecule has 0 aromatic heterocycles. The quantitative estimate of drug-likeness (QED) is 0.488. The molecule has 4 bridgehead atoms. The Hall–Kier alpha value is -4.44. The van der Waals surface area contributed by atoms with E-state index in [1.54, 1.807) is 35.2 Å². The molecular weight excluding hydrogens is 550 g/mol. The van der Waals surface area contributed by atoms with Gasteiger partial charge in [-0.1, -0.05) is 23.7 Å². The summed E-state index contributed by atoms with van der Waals surface area (Å²) in [6.45, 7) is 0.679. The number of amides is 3. The Morgan fingerprint density at radius 1 is 1.00 bits per heavy atom. The van der Waals surface area contributed by atoms with Crippen LogP contribution in [0, 0.1) is 0 Å². The average Bonchev–Trinajstić information content (AvgIpc) is 2.99. The number of hydrogen-bond acceptors (Lipinski definition) is 7. The second-order valence-corrected chi connectivity index (χ2v) is 10.1. The fourth-order valence-corrected chi connectivity index (χ4v) is 5.01. The first-order valence-corrected chi connectivity index (χ1v) is 13.5. The number of hydrogen-bond donors (Lipinski definition) is 2. The van der Waals surface area contributed by atoms with Gasteiger partial charge in [0.05, 0.1) is 25.8 Å². The van der Waals surface area contributed by atoms with Gasteiger partial charge in [0.15, 0.2) is 18.1 Å². The van der Waals surface area contributed by atoms with E-state index in [1.165, 1.54) is 20.3 Å². The number of carbonyl (C=O) groups excluding carboxylic acids is 3. The highest BCUT2D eigenvalue weighted by molar-refractivity contribution is 6.30. The normalized spacial score (nSPS) is 19.0. The SMILES string of the molecule is COc1ccc2cc1OCC(=O)NCc1ccc(cc1)O[C@@H]1CCN(C(=O)c3ccc(Cl)cc3OC)C[C@@H]1NC2=O. The van der Waals surface area contributed by atoms with Crippen molar-refractivity contribution in [2.24, 2.45) is 0 Å². The van der Waals surface area contributed by atoms with Gasteiger partial charge in [-0.25, -0.2) is 0 Å². The van der Waals surface area contributed by atoms with Crippen LogP contribution < -0.4 is 29.6 Å². The maximum atomic E-state index is 13.5. The molecule has 1 fully saturated rings. The number of methoxy groups -OCH3 is 2. The number of nitrogens with one attached hydrogen (secondary N) is 2. The summed E-state index contributed by atoms with van der Waals surface area (Å²) in [6, 6.07) is 16.4. The topological polar surface area (TPSA) is 115 Å². The molecule has 10 nitrogen and oxygen atoms in total. The average molecular weight is 580 g/mol. The Bertz CT molecular complexity index is 1450. The Morgan fingerprint density at radius 3 is 2.54 bits per heavy atom. The summed E-state index contributed by atoms with van der Waals surface area (Å²) in [5.74, 6) is 0.678. The number of halogens is 1. The number of benzene rings is 3. The minimum Gasteiger partial charge on any atom is -0.496 e. The molecule has 3 aliphatic rings. The fraction of sp³-hybridized carbons (Fsp3) is 0.300. The molecule has 3 amide bonds. The first-order chi connectivity index (χ1) is 19.8. The Morgan fingerprint density at radius 2 is 1.78 bits per heavy atom. The Kier molecular flexibility index (Phi) is 8.49. The molecule has 3 heterocycles. The summed E-state index contributed by atoms with van der Waals surface area (Å²) >= 11 is 6.09. The minimum absolute atomic E-state index is 0.205. The van der Waals surface area contributed by atoms with Crippen molar-refractivity contribution < 1.29 is 33.3 Å². The van der Waals surface area contributed by atoms with E-state index < -0.39 is 18.1 Å². The van der Waals surface area contributed by atoms with E-state index in [1.807, 2.05) is 24.3 Å². The van der Waals surface area contributed by atoms with Crippen LogP contribution >= 0.6 is 11.6 Å². The molecule has 41 heavy (non-hydrogen) atoms. The van der Waals surface area contributed by atoms with Crippen LogP contribution in [0.25, 0.3) is 0 Å². The second kappa shape index (κ2) is 12.4. The monoisotopic (exact) mass is 579 g/mol. The third-order valence-electron chi connectivity index (χ3n) is 7.03. The lowest BCUT2D eigenvalue weighted by atomic mass is 9.99. The fourth-order valence-electron chi connectivity index (χ4n) is 4.84. The summed E-state index contributed by atoms with van der Waals surface area (Å²) in [4.78, 5) is 41.1. The van der Waals surface area contributed by atoms with Gasteiger partial charge < -0.3 is 34.5 Å². The molecule has 6 rings (SSSR count). The number of fused-ring (bicyclic) bond motifs is 7. The number of likely N-dealkylation sites (tertiary alicyclic amines) is 1. The maximum Gasteiger partial charge on any atom is 0.258 e. The van der Waals surface area contributed by atoms with Gasteiger partial charge in [0.25, 0.3) is 17.7 Å². The van der Waals surface area contributed by atoms with E-state index in [9.17, 15) is 14.4 Å². The highest BCUT2D eigenvalue weighted by Gasteiger charge is 2.35. The smallest absolute Gasteiger partial charge is 0.258 e. The van der Waals surface area contributed by atoms with Crippen molar-refractivity contribution in [3.05, 3.63) is 82.4 Å². The van der Waals surface area contributed by atoms with Gasteiger partial charge in [0.1, 0.15) is 17.6 Å². The van der Waals surface area contributed by atoms with Crippen LogP contribution in [-0.2, 0) is 11.3 Å². The van der Waals surface area contributed by atoms with Crippen LogP contribution in [0.1, 0.15) is 32.7 Å². The number of carbonyl (C=O) groups is 3. The van der Waals surface area contributed by atoms with Gasteiger partial charge in [-0.2, -0.15) is 0 Å². The molecule has 0 spiro atoms. The number of rotatable bonds is 3. The van der Waals surface area contributed by atoms with E-state index in [4.69, 9.17) is 30.5 Å². The number of ether oxygens (including phenoxy) is 4. The molecule has 214 valence electrons. The van der Waals surface area contributed by atoms with E-state index in [0.29, 0.717) is 52.9 Å². The highest BCUT2D eigenvalue weighted by atomic mass is 35.5. The molecular formula is C30H30ClN3O7. The molecule has 0 saturated carbocycles. The molecule has 1 saturated heterocycles. The largest absolute Gasteiger partial charge is 0.496 e. The first-order valence-electron chi connectivity index (χ1n) is 13.1. The molecule has 11 heteroatoms. The minimum atomic E-state index is -0.538. The number of piperidine rings is 1. The zero-order valence-corrected chi connectivity index (χ0v) is 23.4. The van der Waals surface area contributed by atoms with Crippen molar-refractivity contribution in [1.82, 2.24) is 15.5 Å². The maximum absolute atomic E-state index is 13.5. The van der Waals surface area contributed by atoms with Crippen LogP contribution in [0.15, 0.2) is 60.7 Å². The van der Waals surface area contributed by atoms with Crippen molar-refractivity contribution >= 4 is 29.3 Å². The Balaban J connectivity index is 1.45. The van der Waals surface area contributed by atoms with Crippen molar-refractivity contribution in [1.29, 1.82) is 0 Å². The zero-order valence-electron chi connectivity index (χ0n) is 22.6. The van der Waals surface area contributed by atoms with E-state index in [0.717, 1.165) is 5.56 Å². The predicted octanol–water partition coefficient (Wildman–Crippen LogP) is 3.46. The lowest BCUT2D eigenvalue weighted by molar-refractivity contribution is -0.123. The van der Waals surface area contributed by atoms with Crippen molar-refractivity contribution in [2.75, 3.05) is 33.9 Å². The van der Waals surface area contributed by atoms with Gasteiger partial charge in [-0.3, -0.25) is 14.4 Å². The van der Waals surface area contributed by atoms with Crippen LogP contribution in [0.5, 0.6) is 23.0 Å². The second-order valence-electron chi connectivity index (χ2n) is 9.70. The zero-order chi connectivity index (χ0) is 28.9. The van der Waals surface area contributed by atoms with Gasteiger partial charge in [0, 0.05) is 36.6 Å². The van der Waals surface area contributed by atoms with Crippen LogP contribution in [-0.4, -0.2) is 68.7 Å². The molecule has 2 N–H and O–H groups in total. The van der Waals surface area contributed by atoms with E-state index in [-0.39, 0.29) is 30.7 Å². The van der Waals surface area contributed by atoms with E-state index >= 15 is 0 Å². The lowest BCUT2D eigenvalue weighted by Crippen LogP contribution is -2.58. The predicted molar refractivity (Wildman–Crippen MR) is 151 cm³/mol. The highest BCUT2D eigenvalue weighted by Crippen LogP contribution is 2.30. The molecule has 2 atom stereocenters. The summed E-state index contributed by atoms with van der Waals surface area (Å²) < 4.78 is 22.8. The number of nitrogens with zero attached hydrogens (tertiary/aromatic N) is 1. The Labute approximate surface area is 242 Å². The molecule has 3 aromatic rings. The third kappa shape index (κ3) is 6.49. The standard InChI is InChI=1S/C30H30ClN3O7/c1-38-25-10-5-19-13-27(25)40-17-28(35)32-15-18-3-7-21(8-4-18)41-24-11-12-34(16-23(24)33-29(19)36)30(37)22-9-6-20(31)14-26(22)39-2/h3-10,13-14,23-24H,11-12,15-17H2,1-2H3,(H,32,35)(H,33,36)/t23-,24+/m0/s1. The molecule has 0 radical (unpaired) electrons. The molecule has 3 aliphatic heterocycles. The summed E-state index contributed by atoms with van der Waals surface area (Å²) in [6.07, 6.45) is 0.0618. The molecule has 0 aliphatic carbocycles. The molecule has 3 aromatic carbocycles. The van der Waals surface area contributed by atoms with E-state index in [2.05, 4.69) is 10.6 Å². The van der Waals surface area contributed by atoms with Crippen LogP contribution in [0.4, 0.5) is 0 Å². The lowest BCUT2D eigenvalue weighted by Gasteiger charge is -2.39. The first kappa shape index (κ1) is 28.1. The van der Waals surface area contributed by atoms with Crippen molar-refractivity contribution in [3.8, 4) is 23.0 Å². The van der Waals surface area contributed by atoms with Gasteiger partial charge >= 0.3 is 0 Å². The van der Waals surface area contributed by atoms with Gasteiger partial charge in [-0.05, 0) is 54.1 Å². The van der Waals surface area contributed by atoms with Crippen LogP contribution in [0.2, 0.25) is 5.02 Å². The summed E-state index contributed by atoms with van der Waals surface area (Å²) in [7, 11) is 2.96. The van der Waals surface area contributed by atoms with Crippen molar-refractivity contribution in [3.63, 3.8) is 0 Å². The van der Waals surface area contributed by atoms with Gasteiger partial charge in [0.2, 0.25) is 0 Å². The summed E-state index contributed by atoms with van der Waals surface area (Å²) in [5.41, 5.74) is 1.57. The van der Waals surface area contributed by atoms with Crippen LogP contribution in [0.3, 0.4) is 0 Å². The third-order valence-corrected chi connectivity index (χ3v) is 7.27. The van der Waals surface area contributed by atoms with Crippen molar-refractivity contribution in [2.45, 2.75) is 25.1 Å².